The van der Waals surface area contributed by atoms with E-state index in [1.807, 2.05) is 0 Å². The van der Waals surface area contributed by atoms with Gasteiger partial charge < -0.3 is 0 Å². The maximum Gasteiger partial charge on any atom is 0.277 e. The van der Waals surface area contributed by atoms with Gasteiger partial charge in [0.1, 0.15) is 0 Å². The van der Waals surface area contributed by atoms with Gasteiger partial charge in [0.25, 0.3) is 21.9 Å². The molecule has 1 atom stereocenters. The smallest absolute Gasteiger partial charge is 0.277 e. The second-order valence-corrected chi connectivity index (χ2v) is 4.67. The molecule has 0 aliphatic carbocycles. The summed E-state index contributed by atoms with van der Waals surface area (Å²) in [4.78, 5) is 27.2. The van der Waals surface area contributed by atoms with Gasteiger partial charge in [0, 0.05) is 0 Å². The summed E-state index contributed by atoms with van der Waals surface area (Å²) in [6.07, 6.45) is 0.00891. The fourth-order valence-corrected chi connectivity index (χ4v) is 1.84. The molecule has 1 N–H and O–H groups in total. The van der Waals surface area contributed by atoms with Crippen molar-refractivity contribution in [1.29, 1.82) is 0 Å². The van der Waals surface area contributed by atoms with Crippen LogP contribution in [0, 0.1) is 0 Å². The van der Waals surface area contributed by atoms with Crippen LogP contribution in [0.5, 0.6) is 0 Å². The molecule has 0 saturated carbocycles. The molecule has 0 aromatic rings. The summed E-state index contributed by atoms with van der Waals surface area (Å²) in [5.74, 6) is -1.79. The van der Waals surface area contributed by atoms with Crippen molar-refractivity contribution >= 4 is 21.9 Å². The molecule has 1 rings (SSSR count). The van der Waals surface area contributed by atoms with Gasteiger partial charge in [-0.1, -0.05) is 6.92 Å². The minimum Gasteiger partial charge on any atom is -0.285 e. The molecule has 1 heterocycles. The van der Waals surface area contributed by atoms with Gasteiger partial charge in [0.2, 0.25) is 0 Å². The van der Waals surface area contributed by atoms with Crippen LogP contribution < -0.4 is 0 Å². The van der Waals surface area contributed by atoms with Crippen molar-refractivity contribution < 1.29 is 27.4 Å². The number of amides is 2. The average Bonchev–Trinajstić information content (AvgIpc) is 2.39. The summed E-state index contributed by atoms with van der Waals surface area (Å²) in [6.45, 7) is 1.90. The van der Waals surface area contributed by atoms with E-state index in [0.29, 0.717) is 11.5 Å². The highest BCUT2D eigenvalue weighted by molar-refractivity contribution is 7.87. The van der Waals surface area contributed by atoms with Crippen molar-refractivity contribution in [2.75, 3.05) is 6.61 Å². The first-order valence-corrected chi connectivity index (χ1v) is 5.84. The number of carbonyl (C=O) groups excluding carboxylic acids is 2. The SMILES string of the molecule is CCCON1C(=O)CC(S(=O)(=O)O)C1=O. The zero-order chi connectivity index (χ0) is 11.6. The third kappa shape index (κ3) is 2.52. The van der Waals surface area contributed by atoms with E-state index in [2.05, 4.69) is 0 Å². The van der Waals surface area contributed by atoms with Crippen LogP contribution in [0.3, 0.4) is 0 Å². The zero-order valence-corrected chi connectivity index (χ0v) is 8.86. The predicted molar refractivity (Wildman–Crippen MR) is 48.0 cm³/mol. The van der Waals surface area contributed by atoms with Crippen molar-refractivity contribution in [2.45, 2.75) is 25.0 Å². The maximum atomic E-state index is 11.3. The Balaban J connectivity index is 2.80. The lowest BCUT2D eigenvalue weighted by atomic mass is 10.4. The molecule has 2 amide bonds. The number of imide groups is 1. The normalized spacial score (nSPS) is 22.5. The van der Waals surface area contributed by atoms with Crippen LogP contribution >= 0.6 is 0 Å². The molecule has 15 heavy (non-hydrogen) atoms. The fraction of sp³-hybridized carbons (Fsp3) is 0.714. The maximum absolute atomic E-state index is 11.3. The molecule has 1 fully saturated rings. The van der Waals surface area contributed by atoms with Crippen LogP contribution in [-0.4, -0.2) is 41.7 Å². The third-order valence-corrected chi connectivity index (χ3v) is 2.93. The summed E-state index contributed by atoms with van der Waals surface area (Å²) in [6, 6.07) is 0. The molecular formula is C7H11NO6S. The van der Waals surface area contributed by atoms with Gasteiger partial charge in [-0.25, -0.2) is 0 Å². The van der Waals surface area contributed by atoms with E-state index in [9.17, 15) is 18.0 Å². The summed E-state index contributed by atoms with van der Waals surface area (Å²) in [5.41, 5.74) is 0. The van der Waals surface area contributed by atoms with Crippen LogP contribution in [0.4, 0.5) is 0 Å². The number of hydrogen-bond acceptors (Lipinski definition) is 5. The van der Waals surface area contributed by atoms with Crippen molar-refractivity contribution in [3.05, 3.63) is 0 Å². The van der Waals surface area contributed by atoms with E-state index in [-0.39, 0.29) is 6.61 Å². The fourth-order valence-electron chi connectivity index (χ4n) is 1.13. The Hall–Kier alpha value is -0.990. The lowest BCUT2D eigenvalue weighted by Gasteiger charge is -2.12. The standard InChI is InChI=1S/C7H11NO6S/c1-2-3-14-8-6(9)4-5(7(8)10)15(11,12)13/h5H,2-4H2,1H3,(H,11,12,13). The topological polar surface area (TPSA) is 101 Å². The summed E-state index contributed by atoms with van der Waals surface area (Å²) in [5, 5.41) is -1.32. The summed E-state index contributed by atoms with van der Waals surface area (Å²) in [7, 11) is -4.53. The van der Waals surface area contributed by atoms with E-state index >= 15 is 0 Å². The van der Waals surface area contributed by atoms with E-state index in [1.54, 1.807) is 6.92 Å². The number of rotatable bonds is 4. The molecule has 1 aliphatic heterocycles. The Morgan fingerprint density at radius 3 is 2.53 bits per heavy atom. The van der Waals surface area contributed by atoms with Crippen molar-refractivity contribution in [3.8, 4) is 0 Å². The minimum atomic E-state index is -4.53. The highest BCUT2D eigenvalue weighted by Crippen LogP contribution is 2.19. The first-order chi connectivity index (χ1) is 6.88. The van der Waals surface area contributed by atoms with Gasteiger partial charge >= 0.3 is 0 Å². The Morgan fingerprint density at radius 1 is 1.53 bits per heavy atom. The Morgan fingerprint density at radius 2 is 2.13 bits per heavy atom. The van der Waals surface area contributed by atoms with Crippen molar-refractivity contribution in [1.82, 2.24) is 5.06 Å². The monoisotopic (exact) mass is 237 g/mol. The van der Waals surface area contributed by atoms with Gasteiger partial charge in [-0.3, -0.25) is 19.0 Å². The van der Waals surface area contributed by atoms with E-state index in [1.165, 1.54) is 0 Å². The molecule has 1 saturated heterocycles. The van der Waals surface area contributed by atoms with Gasteiger partial charge in [0.05, 0.1) is 13.0 Å². The molecule has 7 nitrogen and oxygen atoms in total. The molecule has 0 radical (unpaired) electrons. The van der Waals surface area contributed by atoms with Gasteiger partial charge in [-0.2, -0.15) is 13.5 Å². The Labute approximate surface area is 86.7 Å². The molecular weight excluding hydrogens is 226 g/mol. The predicted octanol–water partition coefficient (Wildman–Crippen LogP) is -0.657. The number of hydrogen-bond donors (Lipinski definition) is 1. The van der Waals surface area contributed by atoms with Gasteiger partial charge in [-0.05, 0) is 6.42 Å². The summed E-state index contributed by atoms with van der Waals surface area (Å²) >= 11 is 0. The van der Waals surface area contributed by atoms with Gasteiger partial charge in [-0.15, -0.1) is 0 Å². The number of carbonyl (C=O) groups is 2. The lowest BCUT2D eigenvalue weighted by molar-refractivity contribution is -0.187. The van der Waals surface area contributed by atoms with Crippen molar-refractivity contribution in [2.24, 2.45) is 0 Å². The highest BCUT2D eigenvalue weighted by Gasteiger charge is 2.46. The Kier molecular flexibility index (Phi) is 3.42. The van der Waals surface area contributed by atoms with E-state index < -0.39 is 33.6 Å². The molecule has 1 unspecified atom stereocenters. The zero-order valence-electron chi connectivity index (χ0n) is 8.04. The van der Waals surface area contributed by atoms with E-state index in [4.69, 9.17) is 9.39 Å². The summed E-state index contributed by atoms with van der Waals surface area (Å²) < 4.78 is 30.1. The van der Waals surface area contributed by atoms with Crippen LogP contribution in [0.25, 0.3) is 0 Å². The second-order valence-electron chi connectivity index (χ2n) is 3.07. The van der Waals surface area contributed by atoms with Crippen LogP contribution in [0.1, 0.15) is 19.8 Å². The Bertz CT molecular complexity index is 375. The third-order valence-electron chi connectivity index (χ3n) is 1.85. The van der Waals surface area contributed by atoms with E-state index in [0.717, 1.165) is 0 Å². The van der Waals surface area contributed by atoms with Crippen molar-refractivity contribution in [3.63, 3.8) is 0 Å². The second kappa shape index (κ2) is 4.25. The van der Waals surface area contributed by atoms with Crippen LogP contribution in [-0.2, 0) is 24.5 Å². The van der Waals surface area contributed by atoms with Crippen LogP contribution in [0.2, 0.25) is 0 Å². The minimum absolute atomic E-state index is 0.135. The largest absolute Gasteiger partial charge is 0.285 e. The molecule has 0 aromatic heterocycles. The number of hydroxylamine groups is 2. The molecule has 0 spiro atoms. The molecule has 86 valence electrons. The molecule has 1 aliphatic rings. The quantitative estimate of drug-likeness (QED) is 0.514. The lowest BCUT2D eigenvalue weighted by Crippen LogP contribution is -2.35. The first-order valence-electron chi connectivity index (χ1n) is 4.34. The number of nitrogens with zero attached hydrogens (tertiary/aromatic N) is 1. The highest BCUT2D eigenvalue weighted by atomic mass is 32.2. The average molecular weight is 237 g/mol. The van der Waals surface area contributed by atoms with Gasteiger partial charge in [0.15, 0.2) is 5.25 Å². The first kappa shape index (κ1) is 12.1. The van der Waals surface area contributed by atoms with Crippen LogP contribution in [0.15, 0.2) is 0 Å². The molecule has 0 bridgehead atoms. The molecule has 0 aromatic carbocycles. The molecule has 8 heteroatoms.